The van der Waals surface area contributed by atoms with Crippen LogP contribution in [0.1, 0.15) is 5.56 Å². The largest absolute Gasteiger partial charge is 0.354 e. The molecule has 1 heterocycles. The highest BCUT2D eigenvalue weighted by Gasteiger charge is 1.94. The Balaban J connectivity index is 2.94. The molecule has 0 amide bonds. The molecule has 1 aromatic rings. The molecule has 2 nitrogen and oxygen atoms in total. The molecule has 0 unspecified atom stereocenters. The summed E-state index contributed by atoms with van der Waals surface area (Å²) in [6.07, 6.45) is 4.09. The van der Waals surface area contributed by atoms with E-state index >= 15 is 0 Å². The van der Waals surface area contributed by atoms with E-state index in [-0.39, 0.29) is 0 Å². The molecule has 0 saturated heterocycles. The van der Waals surface area contributed by atoms with Gasteiger partial charge in [-0.2, -0.15) is 0 Å². The summed E-state index contributed by atoms with van der Waals surface area (Å²) in [5.74, 6) is 0. The molecule has 2 heteroatoms. The van der Waals surface area contributed by atoms with E-state index in [9.17, 15) is 0 Å². The Morgan fingerprint density at radius 3 is 2.89 bits per heavy atom. The molecule has 0 aromatic carbocycles. The summed E-state index contributed by atoms with van der Waals surface area (Å²) in [5.41, 5.74) is 5.06. The quantitative estimate of drug-likeness (QED) is 0.478. The number of quaternary nitrogens is 1. The Bertz CT molecular complexity index is 196. The number of nitrogens with zero attached hydrogens (tertiary/aromatic N) is 1. The minimum atomic E-state index is 0.870. The van der Waals surface area contributed by atoms with Gasteiger partial charge in [-0.3, -0.25) is 0 Å². The van der Waals surface area contributed by atoms with Gasteiger partial charge in [0.25, 0.3) is 0 Å². The number of hydrogen-bond acceptors (Lipinski definition) is 0. The lowest BCUT2D eigenvalue weighted by Crippen LogP contribution is -2.48. The second kappa shape index (κ2) is 2.60. The molecule has 9 heavy (non-hydrogen) atoms. The summed E-state index contributed by atoms with van der Waals surface area (Å²) in [7, 11) is 2.01. The summed E-state index contributed by atoms with van der Waals surface area (Å²) in [6.45, 7) is 0.870. The Kier molecular flexibility index (Phi) is 1.80. The second-order valence-corrected chi connectivity index (χ2v) is 2.13. The molecule has 3 N–H and O–H groups in total. The first-order chi connectivity index (χ1) is 4.33. The predicted molar refractivity (Wildman–Crippen MR) is 34.2 cm³/mol. The van der Waals surface area contributed by atoms with Gasteiger partial charge in [-0.15, -0.1) is 0 Å². The van der Waals surface area contributed by atoms with Crippen LogP contribution in [0, 0.1) is 0 Å². The fraction of sp³-hybridized carbons (Fsp3) is 0.286. The van der Waals surface area contributed by atoms with Gasteiger partial charge in [0.05, 0.1) is 5.56 Å². The molecule has 0 aliphatic rings. The molecule has 1 rings (SSSR count). The van der Waals surface area contributed by atoms with Crippen LogP contribution in [0.4, 0.5) is 0 Å². The topological polar surface area (TPSA) is 31.5 Å². The minimum absolute atomic E-state index is 0.870. The zero-order valence-corrected chi connectivity index (χ0v) is 5.67. The zero-order chi connectivity index (χ0) is 6.69. The van der Waals surface area contributed by atoms with Crippen LogP contribution in [-0.2, 0) is 13.6 Å². The Hall–Kier alpha value is -0.890. The highest BCUT2D eigenvalue weighted by molar-refractivity contribution is 5.02. The molecule has 0 aliphatic carbocycles. The van der Waals surface area contributed by atoms with Gasteiger partial charge in [0.15, 0.2) is 12.4 Å². The van der Waals surface area contributed by atoms with E-state index in [1.54, 1.807) is 0 Å². The second-order valence-electron chi connectivity index (χ2n) is 2.13. The third-order valence-electron chi connectivity index (χ3n) is 1.29. The smallest absolute Gasteiger partial charge is 0.177 e. The van der Waals surface area contributed by atoms with Crippen LogP contribution in [0.25, 0.3) is 0 Å². The van der Waals surface area contributed by atoms with E-state index in [4.69, 9.17) is 0 Å². The predicted octanol–water partition coefficient (Wildman–Crippen LogP) is -0.747. The number of aryl methyl sites for hydroxylation is 1. The first kappa shape index (κ1) is 6.23. The molecule has 1 aromatic heterocycles. The average Bonchev–Trinajstić information content (AvgIpc) is 1.88. The molecule has 0 bridgehead atoms. The van der Waals surface area contributed by atoms with Crippen LogP contribution in [-0.4, -0.2) is 0 Å². The Morgan fingerprint density at radius 1 is 1.67 bits per heavy atom. The van der Waals surface area contributed by atoms with Crippen LogP contribution >= 0.6 is 0 Å². The van der Waals surface area contributed by atoms with Crippen molar-refractivity contribution in [1.82, 2.24) is 0 Å². The van der Waals surface area contributed by atoms with Crippen molar-refractivity contribution in [2.75, 3.05) is 0 Å². The fourth-order valence-electron chi connectivity index (χ4n) is 0.798. The number of pyridine rings is 1. The van der Waals surface area contributed by atoms with Gasteiger partial charge in [-0.25, -0.2) is 4.57 Å². The van der Waals surface area contributed by atoms with Gasteiger partial charge in [-0.05, 0) is 6.07 Å². The highest BCUT2D eigenvalue weighted by atomic mass is 14.9. The van der Waals surface area contributed by atoms with Gasteiger partial charge in [-0.1, -0.05) is 0 Å². The van der Waals surface area contributed by atoms with Crippen LogP contribution in [0.2, 0.25) is 0 Å². The average molecular weight is 124 g/mol. The van der Waals surface area contributed by atoms with Crippen LogP contribution in [0.15, 0.2) is 24.5 Å². The van der Waals surface area contributed by atoms with Crippen LogP contribution in [0.3, 0.4) is 0 Å². The van der Waals surface area contributed by atoms with Crippen molar-refractivity contribution in [3.63, 3.8) is 0 Å². The van der Waals surface area contributed by atoms with Crippen molar-refractivity contribution in [3.8, 4) is 0 Å². The van der Waals surface area contributed by atoms with E-state index in [2.05, 4.69) is 18.0 Å². The third-order valence-corrected chi connectivity index (χ3v) is 1.29. The van der Waals surface area contributed by atoms with Crippen molar-refractivity contribution in [2.24, 2.45) is 7.05 Å². The lowest BCUT2D eigenvalue weighted by Gasteiger charge is -1.88. The molecular formula is C7H12N2+2. The standard InChI is InChI=1S/C7H11N2/c1-9-4-2-3-7(5-8)6-9/h2-4,6H,5,8H2,1H3/q+1/p+1. The Morgan fingerprint density at radius 2 is 2.44 bits per heavy atom. The molecule has 48 valence electrons. The Labute approximate surface area is 54.9 Å². The van der Waals surface area contributed by atoms with Crippen molar-refractivity contribution >= 4 is 0 Å². The maximum absolute atomic E-state index is 3.78. The SMILES string of the molecule is C[n+]1cccc(C[NH3+])c1. The van der Waals surface area contributed by atoms with Crippen molar-refractivity contribution < 1.29 is 10.3 Å². The van der Waals surface area contributed by atoms with Crippen LogP contribution < -0.4 is 10.3 Å². The summed E-state index contributed by atoms with van der Waals surface area (Å²) in [5, 5.41) is 0. The van der Waals surface area contributed by atoms with E-state index in [0.717, 1.165) is 6.54 Å². The van der Waals surface area contributed by atoms with Crippen LogP contribution in [0.5, 0.6) is 0 Å². The van der Waals surface area contributed by atoms with Crippen molar-refractivity contribution in [1.29, 1.82) is 0 Å². The lowest BCUT2D eigenvalue weighted by atomic mass is 10.3. The van der Waals surface area contributed by atoms with Gasteiger partial charge in [0.1, 0.15) is 13.6 Å². The highest BCUT2D eigenvalue weighted by Crippen LogP contribution is 1.88. The monoisotopic (exact) mass is 124 g/mol. The lowest BCUT2D eigenvalue weighted by molar-refractivity contribution is -0.672. The maximum atomic E-state index is 3.78. The van der Waals surface area contributed by atoms with Gasteiger partial charge < -0.3 is 5.73 Å². The number of rotatable bonds is 1. The minimum Gasteiger partial charge on any atom is -0.354 e. The molecule has 0 atom stereocenters. The number of aromatic nitrogens is 1. The molecule has 0 spiro atoms. The summed E-state index contributed by atoms with van der Waals surface area (Å²) < 4.78 is 2.03. The molecule has 0 fully saturated rings. The maximum Gasteiger partial charge on any atom is 0.177 e. The third kappa shape index (κ3) is 1.50. The fourth-order valence-corrected chi connectivity index (χ4v) is 0.798. The normalized spacial score (nSPS) is 9.56. The van der Waals surface area contributed by atoms with E-state index in [1.807, 2.05) is 23.9 Å². The molecule has 0 radical (unpaired) electrons. The zero-order valence-electron chi connectivity index (χ0n) is 5.67. The van der Waals surface area contributed by atoms with Gasteiger partial charge in [0, 0.05) is 6.07 Å². The van der Waals surface area contributed by atoms with E-state index in [0.29, 0.717) is 0 Å². The van der Waals surface area contributed by atoms with E-state index in [1.165, 1.54) is 5.56 Å². The van der Waals surface area contributed by atoms with E-state index < -0.39 is 0 Å². The molecule has 0 aliphatic heterocycles. The van der Waals surface area contributed by atoms with Gasteiger partial charge in [0.2, 0.25) is 0 Å². The number of hydrogen-bond donors (Lipinski definition) is 1. The first-order valence-electron chi connectivity index (χ1n) is 3.06. The summed E-state index contributed by atoms with van der Waals surface area (Å²) >= 11 is 0. The summed E-state index contributed by atoms with van der Waals surface area (Å²) in [4.78, 5) is 0. The molecular weight excluding hydrogens is 112 g/mol. The first-order valence-corrected chi connectivity index (χ1v) is 3.06. The van der Waals surface area contributed by atoms with Crippen molar-refractivity contribution in [3.05, 3.63) is 30.1 Å². The molecule has 0 saturated carbocycles. The van der Waals surface area contributed by atoms with Crippen molar-refractivity contribution in [2.45, 2.75) is 6.54 Å². The van der Waals surface area contributed by atoms with Gasteiger partial charge >= 0.3 is 0 Å². The summed E-state index contributed by atoms with van der Waals surface area (Å²) in [6, 6.07) is 4.10.